The highest BCUT2D eigenvalue weighted by molar-refractivity contribution is 7.92. The largest absolute Gasteiger partial charge is 0.495 e. The second-order valence-corrected chi connectivity index (χ2v) is 11.8. The normalized spacial score (nSPS) is 11.9. The van der Waals surface area contributed by atoms with E-state index in [2.05, 4.69) is 5.32 Å². The SMILES string of the molecule is CCNC(=O)[C@H](CC)N(Cc1c(Cl)cccc1Cl)C(=O)CN(c1ccc(OC)c(Cl)c1)S(=O)(=O)c1ccccc1. The van der Waals surface area contributed by atoms with Gasteiger partial charge in [0.15, 0.2) is 0 Å². The molecule has 1 N–H and O–H groups in total. The van der Waals surface area contributed by atoms with Gasteiger partial charge in [-0.3, -0.25) is 13.9 Å². The molecule has 0 radical (unpaired) electrons. The minimum Gasteiger partial charge on any atom is -0.495 e. The molecule has 1 atom stereocenters. The van der Waals surface area contributed by atoms with Gasteiger partial charge < -0.3 is 15.0 Å². The van der Waals surface area contributed by atoms with Crippen LogP contribution in [0.15, 0.2) is 71.6 Å². The Morgan fingerprint density at radius 1 is 0.925 bits per heavy atom. The van der Waals surface area contributed by atoms with Gasteiger partial charge in [-0.15, -0.1) is 0 Å². The predicted molar refractivity (Wildman–Crippen MR) is 159 cm³/mol. The topological polar surface area (TPSA) is 96.0 Å². The van der Waals surface area contributed by atoms with Crippen LogP contribution in [-0.2, 0) is 26.2 Å². The zero-order chi connectivity index (χ0) is 29.4. The summed E-state index contributed by atoms with van der Waals surface area (Å²) in [5.41, 5.74) is 0.580. The minimum atomic E-state index is -4.24. The van der Waals surface area contributed by atoms with Gasteiger partial charge in [0.1, 0.15) is 18.3 Å². The lowest BCUT2D eigenvalue weighted by atomic mass is 10.1. The fourth-order valence-electron chi connectivity index (χ4n) is 4.12. The number of carbonyl (C=O) groups is 2. The van der Waals surface area contributed by atoms with Crippen LogP contribution in [0.1, 0.15) is 25.8 Å². The van der Waals surface area contributed by atoms with Crippen molar-refractivity contribution in [2.45, 2.75) is 37.8 Å². The van der Waals surface area contributed by atoms with Gasteiger partial charge in [0.05, 0.1) is 22.7 Å². The first-order chi connectivity index (χ1) is 19.0. The maximum absolute atomic E-state index is 14.0. The molecule has 3 rings (SSSR count). The fraction of sp³-hybridized carbons (Fsp3) is 0.286. The van der Waals surface area contributed by atoms with E-state index in [-0.39, 0.29) is 34.5 Å². The Balaban J connectivity index is 2.12. The minimum absolute atomic E-state index is 0.0220. The third-order valence-electron chi connectivity index (χ3n) is 6.16. The molecule has 0 aromatic heterocycles. The summed E-state index contributed by atoms with van der Waals surface area (Å²) in [5, 5.41) is 3.53. The van der Waals surface area contributed by atoms with Crippen LogP contribution in [0, 0.1) is 0 Å². The van der Waals surface area contributed by atoms with E-state index in [1.54, 1.807) is 50.2 Å². The van der Waals surface area contributed by atoms with Gasteiger partial charge in [0, 0.05) is 28.7 Å². The van der Waals surface area contributed by atoms with Crippen molar-refractivity contribution in [1.82, 2.24) is 10.2 Å². The second-order valence-electron chi connectivity index (χ2n) is 8.68. The molecule has 12 heteroatoms. The Morgan fingerprint density at radius 2 is 1.57 bits per heavy atom. The second kappa shape index (κ2) is 14.1. The van der Waals surface area contributed by atoms with Crippen LogP contribution in [0.5, 0.6) is 5.75 Å². The summed E-state index contributed by atoms with van der Waals surface area (Å²) < 4.78 is 33.9. The van der Waals surface area contributed by atoms with Crippen LogP contribution >= 0.6 is 34.8 Å². The molecular formula is C28H30Cl3N3O5S. The fourth-order valence-corrected chi connectivity index (χ4v) is 6.32. The lowest BCUT2D eigenvalue weighted by Crippen LogP contribution is -2.52. The summed E-state index contributed by atoms with van der Waals surface area (Å²) in [7, 11) is -2.80. The summed E-state index contributed by atoms with van der Waals surface area (Å²) in [6, 6.07) is 16.2. The number of anilines is 1. The van der Waals surface area contributed by atoms with E-state index in [9.17, 15) is 18.0 Å². The van der Waals surface area contributed by atoms with Crippen molar-refractivity contribution in [1.29, 1.82) is 0 Å². The monoisotopic (exact) mass is 625 g/mol. The predicted octanol–water partition coefficient (Wildman–Crippen LogP) is 5.79. The van der Waals surface area contributed by atoms with E-state index in [1.165, 1.54) is 42.3 Å². The molecule has 0 saturated carbocycles. The van der Waals surface area contributed by atoms with Crippen molar-refractivity contribution < 1.29 is 22.7 Å². The van der Waals surface area contributed by atoms with E-state index >= 15 is 0 Å². The lowest BCUT2D eigenvalue weighted by molar-refractivity contribution is -0.140. The number of sulfonamides is 1. The van der Waals surface area contributed by atoms with Crippen molar-refractivity contribution in [2.24, 2.45) is 0 Å². The quantitative estimate of drug-likeness (QED) is 0.274. The molecule has 2 amide bonds. The Labute approximate surface area is 249 Å². The van der Waals surface area contributed by atoms with Crippen molar-refractivity contribution in [3.63, 3.8) is 0 Å². The number of nitrogens with one attached hydrogen (secondary N) is 1. The molecule has 40 heavy (non-hydrogen) atoms. The highest BCUT2D eigenvalue weighted by atomic mass is 35.5. The molecule has 0 heterocycles. The van der Waals surface area contributed by atoms with Crippen LogP contribution in [0.25, 0.3) is 0 Å². The molecule has 0 aliphatic rings. The van der Waals surface area contributed by atoms with Gasteiger partial charge in [0.25, 0.3) is 10.0 Å². The van der Waals surface area contributed by atoms with Crippen LogP contribution in [0.4, 0.5) is 5.69 Å². The summed E-state index contributed by atoms with van der Waals surface area (Å²) in [6.07, 6.45) is 0.263. The van der Waals surface area contributed by atoms with Gasteiger partial charge in [-0.1, -0.05) is 66.0 Å². The standard InChI is InChI=1S/C28H30Cl3N3O5S/c1-4-25(28(36)32-5-2)33(17-21-22(29)12-9-13-23(21)30)27(35)18-34(19-14-15-26(39-3)24(31)16-19)40(37,38)20-10-7-6-8-11-20/h6-16,25H,4-5,17-18H2,1-3H3,(H,32,36)/t25-/m0/s1. The van der Waals surface area contributed by atoms with Gasteiger partial charge in [0.2, 0.25) is 11.8 Å². The average molecular weight is 627 g/mol. The number of nitrogens with zero attached hydrogens (tertiary/aromatic N) is 2. The lowest BCUT2D eigenvalue weighted by Gasteiger charge is -2.33. The molecule has 0 bridgehead atoms. The van der Waals surface area contributed by atoms with Gasteiger partial charge >= 0.3 is 0 Å². The Bertz CT molecular complexity index is 1430. The highest BCUT2D eigenvalue weighted by Gasteiger charge is 2.34. The smallest absolute Gasteiger partial charge is 0.264 e. The van der Waals surface area contributed by atoms with Crippen molar-refractivity contribution in [3.8, 4) is 5.75 Å². The number of halogens is 3. The van der Waals surface area contributed by atoms with Crippen LogP contribution < -0.4 is 14.4 Å². The molecule has 0 unspecified atom stereocenters. The van der Waals surface area contributed by atoms with Crippen molar-refractivity contribution in [3.05, 3.63) is 87.4 Å². The first kappa shape index (κ1) is 31.5. The van der Waals surface area contributed by atoms with E-state index in [0.717, 1.165) is 4.31 Å². The maximum Gasteiger partial charge on any atom is 0.264 e. The number of ether oxygens (including phenoxy) is 1. The summed E-state index contributed by atoms with van der Waals surface area (Å²) in [6.45, 7) is 3.13. The Hall–Kier alpha value is -2.98. The van der Waals surface area contributed by atoms with Gasteiger partial charge in [-0.05, 0) is 55.8 Å². The summed E-state index contributed by atoms with van der Waals surface area (Å²) >= 11 is 19.2. The number of benzene rings is 3. The van der Waals surface area contributed by atoms with Crippen molar-refractivity contribution >= 4 is 62.3 Å². The Morgan fingerprint density at radius 3 is 2.12 bits per heavy atom. The molecule has 3 aromatic carbocycles. The first-order valence-corrected chi connectivity index (χ1v) is 15.0. The Kier molecular flexibility index (Phi) is 11.1. The van der Waals surface area contributed by atoms with E-state index in [0.29, 0.717) is 27.9 Å². The molecule has 0 aliphatic heterocycles. The molecule has 0 spiro atoms. The number of methoxy groups -OCH3 is 1. The zero-order valence-corrected chi connectivity index (χ0v) is 25.3. The average Bonchev–Trinajstić information content (AvgIpc) is 2.93. The maximum atomic E-state index is 14.0. The summed E-state index contributed by atoms with van der Waals surface area (Å²) in [4.78, 5) is 28.4. The van der Waals surface area contributed by atoms with Gasteiger partial charge in [-0.25, -0.2) is 8.42 Å². The van der Waals surface area contributed by atoms with E-state index < -0.39 is 28.5 Å². The van der Waals surface area contributed by atoms with Gasteiger partial charge in [-0.2, -0.15) is 0 Å². The number of carbonyl (C=O) groups excluding carboxylic acids is 2. The number of hydrogen-bond acceptors (Lipinski definition) is 5. The summed E-state index contributed by atoms with van der Waals surface area (Å²) in [5.74, 6) is -0.682. The highest BCUT2D eigenvalue weighted by Crippen LogP contribution is 2.33. The molecule has 3 aromatic rings. The number of rotatable bonds is 12. The van der Waals surface area contributed by atoms with E-state index in [4.69, 9.17) is 39.5 Å². The van der Waals surface area contributed by atoms with Crippen molar-refractivity contribution in [2.75, 3.05) is 24.5 Å². The molecule has 0 saturated heterocycles. The van der Waals surface area contributed by atoms with Crippen LogP contribution in [0.3, 0.4) is 0 Å². The zero-order valence-electron chi connectivity index (χ0n) is 22.2. The molecule has 0 aliphatic carbocycles. The third kappa shape index (κ3) is 7.20. The molecule has 8 nitrogen and oxygen atoms in total. The van der Waals surface area contributed by atoms with Crippen LogP contribution in [0.2, 0.25) is 15.1 Å². The van der Waals surface area contributed by atoms with Crippen LogP contribution in [-0.4, -0.2) is 51.4 Å². The first-order valence-electron chi connectivity index (χ1n) is 12.5. The molecular weight excluding hydrogens is 597 g/mol. The molecule has 0 fully saturated rings. The number of amides is 2. The third-order valence-corrected chi connectivity index (χ3v) is 8.95. The number of hydrogen-bond donors (Lipinski definition) is 1. The number of likely N-dealkylation sites (N-methyl/N-ethyl adjacent to an activating group) is 1. The molecule has 214 valence electrons. The van der Waals surface area contributed by atoms with E-state index in [1.807, 2.05) is 0 Å².